The predicted molar refractivity (Wildman–Crippen MR) is 101 cm³/mol. The van der Waals surface area contributed by atoms with Crippen molar-refractivity contribution in [3.63, 3.8) is 0 Å². The number of nitrogens with one attached hydrogen (secondary N) is 2. The van der Waals surface area contributed by atoms with Crippen LogP contribution in [0.15, 0.2) is 11.0 Å². The van der Waals surface area contributed by atoms with E-state index in [-0.39, 0.29) is 22.9 Å². The average Bonchev–Trinajstić information content (AvgIpc) is 3.00. The number of aromatic amines is 1. The first kappa shape index (κ1) is 18.8. The number of fused-ring (bicyclic) bond motifs is 1. The molecule has 0 unspecified atom stereocenters. The molecule has 0 aliphatic carbocycles. The molecular weight excluding hydrogens is 356 g/mol. The van der Waals surface area contributed by atoms with Gasteiger partial charge in [0.2, 0.25) is 16.0 Å². The first-order valence-electron chi connectivity index (χ1n) is 8.84. The number of sulfonamides is 1. The largest absolute Gasteiger partial charge is 0.353 e. The number of rotatable bonds is 4. The number of nitrogens with zero attached hydrogens (tertiary/aromatic N) is 4. The van der Waals surface area contributed by atoms with E-state index >= 15 is 0 Å². The number of H-pyrrole nitrogens is 1. The molecule has 0 spiro atoms. The summed E-state index contributed by atoms with van der Waals surface area (Å²) in [6.07, 6.45) is 2.86. The Bertz CT molecular complexity index is 949. The summed E-state index contributed by atoms with van der Waals surface area (Å²) in [4.78, 5) is 19.6. The van der Waals surface area contributed by atoms with Gasteiger partial charge in [-0.15, -0.1) is 0 Å². The number of anilines is 1. The molecule has 1 aliphatic rings. The van der Waals surface area contributed by atoms with Crippen LogP contribution in [0.4, 0.5) is 5.95 Å². The molecule has 3 rings (SSSR count). The molecular formula is C16H26N6O3S. The van der Waals surface area contributed by atoms with Gasteiger partial charge < -0.3 is 5.32 Å². The van der Waals surface area contributed by atoms with E-state index in [4.69, 9.17) is 0 Å². The molecule has 1 aliphatic heterocycles. The lowest BCUT2D eigenvalue weighted by atomic mass is 10.1. The molecule has 2 aromatic heterocycles. The molecule has 10 heteroatoms. The number of hydrogen-bond acceptors (Lipinski definition) is 6. The predicted octanol–water partition coefficient (Wildman–Crippen LogP) is 1.10. The van der Waals surface area contributed by atoms with Crippen molar-refractivity contribution in [2.75, 3.05) is 24.2 Å². The van der Waals surface area contributed by atoms with E-state index in [0.29, 0.717) is 42.9 Å². The van der Waals surface area contributed by atoms with Crippen LogP contribution in [0.2, 0.25) is 0 Å². The maximum Gasteiger partial charge on any atom is 0.263 e. The molecule has 144 valence electrons. The Hall–Kier alpha value is -1.94. The Morgan fingerprint density at radius 3 is 2.54 bits per heavy atom. The van der Waals surface area contributed by atoms with E-state index in [1.165, 1.54) is 10.5 Å². The Morgan fingerprint density at radius 2 is 1.96 bits per heavy atom. The molecule has 0 saturated carbocycles. The summed E-state index contributed by atoms with van der Waals surface area (Å²) in [7, 11) is -3.15. The first-order valence-corrected chi connectivity index (χ1v) is 10.5. The van der Waals surface area contributed by atoms with Crippen molar-refractivity contribution in [1.29, 1.82) is 0 Å². The molecule has 0 bridgehead atoms. The van der Waals surface area contributed by atoms with Crippen LogP contribution in [0.5, 0.6) is 0 Å². The van der Waals surface area contributed by atoms with Gasteiger partial charge in [-0.3, -0.25) is 9.78 Å². The molecule has 9 nitrogen and oxygen atoms in total. The smallest absolute Gasteiger partial charge is 0.263 e. The highest BCUT2D eigenvalue weighted by Crippen LogP contribution is 2.20. The molecule has 3 heterocycles. The molecule has 1 saturated heterocycles. The summed E-state index contributed by atoms with van der Waals surface area (Å²) in [5.41, 5.74) is 0.00776. The van der Waals surface area contributed by atoms with Crippen molar-refractivity contribution < 1.29 is 8.42 Å². The Labute approximate surface area is 152 Å². The second-order valence-electron chi connectivity index (χ2n) is 7.60. The van der Waals surface area contributed by atoms with E-state index in [9.17, 15) is 13.2 Å². The van der Waals surface area contributed by atoms with Crippen LogP contribution >= 0.6 is 0 Å². The maximum absolute atomic E-state index is 12.3. The summed E-state index contributed by atoms with van der Waals surface area (Å²) < 4.78 is 27.2. The van der Waals surface area contributed by atoms with Gasteiger partial charge in [-0.1, -0.05) is 0 Å². The second kappa shape index (κ2) is 6.66. The van der Waals surface area contributed by atoms with Crippen LogP contribution in [0.1, 0.15) is 40.5 Å². The summed E-state index contributed by atoms with van der Waals surface area (Å²) in [5, 5.41) is 7.99. The SMILES string of the molecule is CCS(=O)(=O)N1CCC(Nc2nc3c(cnn3C(C)(C)C)c(=O)[nH]2)CC1. The van der Waals surface area contributed by atoms with Gasteiger partial charge in [0.15, 0.2) is 5.65 Å². The van der Waals surface area contributed by atoms with Crippen LogP contribution in [0.3, 0.4) is 0 Å². The minimum Gasteiger partial charge on any atom is -0.353 e. The van der Waals surface area contributed by atoms with Crippen LogP contribution in [0, 0.1) is 0 Å². The monoisotopic (exact) mass is 382 g/mol. The van der Waals surface area contributed by atoms with Crippen LogP contribution in [0.25, 0.3) is 11.0 Å². The Balaban J connectivity index is 1.79. The molecule has 2 N–H and O–H groups in total. The minimum atomic E-state index is -3.15. The fraction of sp³-hybridized carbons (Fsp3) is 0.688. The van der Waals surface area contributed by atoms with Gasteiger partial charge >= 0.3 is 0 Å². The summed E-state index contributed by atoms with van der Waals surface area (Å²) in [6.45, 7) is 8.60. The van der Waals surface area contributed by atoms with E-state index in [2.05, 4.69) is 20.4 Å². The van der Waals surface area contributed by atoms with Gasteiger partial charge in [0.25, 0.3) is 5.56 Å². The molecule has 2 aromatic rings. The standard InChI is InChI=1S/C16H26N6O3S/c1-5-26(24,25)21-8-6-11(7-9-21)18-15-19-13-12(14(23)20-15)10-17-22(13)16(2,3)4/h10-11H,5-9H2,1-4H3,(H2,18,19,20,23). The van der Waals surface area contributed by atoms with E-state index in [1.807, 2.05) is 20.8 Å². The second-order valence-corrected chi connectivity index (χ2v) is 9.85. The highest BCUT2D eigenvalue weighted by atomic mass is 32.2. The minimum absolute atomic E-state index is 0.0601. The zero-order valence-electron chi connectivity index (χ0n) is 15.6. The van der Waals surface area contributed by atoms with Crippen LogP contribution in [-0.4, -0.2) is 57.4 Å². The first-order chi connectivity index (χ1) is 12.1. The molecule has 0 radical (unpaired) electrons. The lowest BCUT2D eigenvalue weighted by molar-refractivity contribution is 0.329. The Kier molecular flexibility index (Phi) is 4.82. The molecule has 26 heavy (non-hydrogen) atoms. The molecule has 1 fully saturated rings. The fourth-order valence-corrected chi connectivity index (χ4v) is 4.26. The van der Waals surface area contributed by atoms with Gasteiger partial charge in [-0.2, -0.15) is 10.1 Å². The molecule has 0 aromatic carbocycles. The average molecular weight is 382 g/mol. The van der Waals surface area contributed by atoms with Crippen LogP contribution in [-0.2, 0) is 15.6 Å². The third-order valence-electron chi connectivity index (χ3n) is 4.63. The van der Waals surface area contributed by atoms with E-state index in [0.717, 1.165) is 0 Å². The van der Waals surface area contributed by atoms with Gasteiger partial charge in [0, 0.05) is 19.1 Å². The van der Waals surface area contributed by atoms with Crippen molar-refractivity contribution >= 4 is 27.0 Å². The Morgan fingerprint density at radius 1 is 1.31 bits per heavy atom. The van der Waals surface area contributed by atoms with Crippen molar-refractivity contribution in [2.45, 2.75) is 52.1 Å². The third-order valence-corrected chi connectivity index (χ3v) is 6.51. The zero-order valence-corrected chi connectivity index (χ0v) is 16.4. The highest BCUT2D eigenvalue weighted by molar-refractivity contribution is 7.89. The number of piperidine rings is 1. The van der Waals surface area contributed by atoms with Gasteiger partial charge in [-0.05, 0) is 40.5 Å². The quantitative estimate of drug-likeness (QED) is 0.819. The summed E-state index contributed by atoms with van der Waals surface area (Å²) in [6, 6.07) is 0.0601. The fourth-order valence-electron chi connectivity index (χ4n) is 3.13. The molecule has 0 amide bonds. The third kappa shape index (κ3) is 3.61. The van der Waals surface area contributed by atoms with Crippen LogP contribution < -0.4 is 10.9 Å². The lowest BCUT2D eigenvalue weighted by Crippen LogP contribution is -2.43. The van der Waals surface area contributed by atoms with Crippen molar-refractivity contribution in [2.24, 2.45) is 0 Å². The maximum atomic E-state index is 12.3. The topological polar surface area (TPSA) is 113 Å². The van der Waals surface area contributed by atoms with E-state index in [1.54, 1.807) is 11.6 Å². The van der Waals surface area contributed by atoms with Gasteiger partial charge in [0.1, 0.15) is 5.39 Å². The molecule has 0 atom stereocenters. The van der Waals surface area contributed by atoms with Crippen molar-refractivity contribution in [3.05, 3.63) is 16.6 Å². The summed E-state index contributed by atoms with van der Waals surface area (Å²) >= 11 is 0. The lowest BCUT2D eigenvalue weighted by Gasteiger charge is -2.31. The van der Waals surface area contributed by atoms with E-state index < -0.39 is 10.0 Å². The van der Waals surface area contributed by atoms with Gasteiger partial charge in [-0.25, -0.2) is 17.4 Å². The highest BCUT2D eigenvalue weighted by Gasteiger charge is 2.27. The normalized spacial score (nSPS) is 17.7. The number of aromatic nitrogens is 4. The zero-order chi connectivity index (χ0) is 19.1. The van der Waals surface area contributed by atoms with Crippen molar-refractivity contribution in [1.82, 2.24) is 24.1 Å². The van der Waals surface area contributed by atoms with Gasteiger partial charge in [0.05, 0.1) is 17.5 Å². The number of hydrogen-bond donors (Lipinski definition) is 2. The summed E-state index contributed by atoms with van der Waals surface area (Å²) in [5.74, 6) is 0.512. The van der Waals surface area contributed by atoms with Crippen molar-refractivity contribution in [3.8, 4) is 0 Å².